The van der Waals surface area contributed by atoms with E-state index >= 15 is 0 Å². The molecule has 1 atom stereocenters. The molecule has 0 bridgehead atoms. The van der Waals surface area contributed by atoms with Crippen molar-refractivity contribution in [1.82, 2.24) is 9.55 Å². The molecule has 0 saturated heterocycles. The van der Waals surface area contributed by atoms with E-state index in [-0.39, 0.29) is 11.9 Å². The van der Waals surface area contributed by atoms with Gasteiger partial charge in [0.25, 0.3) is 0 Å². The number of benzene rings is 2. The minimum absolute atomic E-state index is 0.138. The van der Waals surface area contributed by atoms with E-state index in [4.69, 9.17) is 4.74 Å². The van der Waals surface area contributed by atoms with Gasteiger partial charge in [-0.25, -0.2) is 9.37 Å². The fourth-order valence-corrected chi connectivity index (χ4v) is 2.44. The Hall–Kier alpha value is -2.62. The molecular weight excluding hydrogens is 291 g/mol. The first kappa shape index (κ1) is 15.3. The van der Waals surface area contributed by atoms with E-state index in [2.05, 4.69) is 4.98 Å². The van der Waals surface area contributed by atoms with Gasteiger partial charge in [0.05, 0.1) is 6.33 Å². The molecule has 0 aliphatic rings. The van der Waals surface area contributed by atoms with Gasteiger partial charge in [0.15, 0.2) is 0 Å². The summed E-state index contributed by atoms with van der Waals surface area (Å²) in [5, 5.41) is 0. The fourth-order valence-electron chi connectivity index (χ4n) is 2.44. The van der Waals surface area contributed by atoms with Crippen LogP contribution in [-0.4, -0.2) is 9.55 Å². The van der Waals surface area contributed by atoms with Crippen LogP contribution in [0.4, 0.5) is 4.39 Å². The predicted molar refractivity (Wildman–Crippen MR) is 87.8 cm³/mol. The Morgan fingerprint density at radius 1 is 1.09 bits per heavy atom. The first-order valence-corrected chi connectivity index (χ1v) is 7.65. The van der Waals surface area contributed by atoms with Crippen LogP contribution in [0.5, 0.6) is 5.75 Å². The van der Waals surface area contributed by atoms with Gasteiger partial charge in [-0.15, -0.1) is 0 Å². The van der Waals surface area contributed by atoms with Gasteiger partial charge in [0, 0.05) is 25.4 Å². The molecule has 0 N–H and O–H groups in total. The number of nitrogens with zero attached hydrogens (tertiary/aromatic N) is 2. The quantitative estimate of drug-likeness (QED) is 0.668. The summed E-state index contributed by atoms with van der Waals surface area (Å²) in [5.74, 6) is 0.577. The molecule has 0 radical (unpaired) electrons. The number of ether oxygens (including phenoxy) is 1. The molecule has 3 aromatic rings. The summed E-state index contributed by atoms with van der Waals surface area (Å²) in [6.45, 7) is 2.83. The van der Waals surface area contributed by atoms with Crippen molar-refractivity contribution in [2.45, 2.75) is 26.0 Å². The number of aryl methyl sites for hydroxylation is 2. The Balaban J connectivity index is 1.77. The summed E-state index contributed by atoms with van der Waals surface area (Å²) >= 11 is 0. The smallest absolute Gasteiger partial charge is 0.125 e. The zero-order chi connectivity index (χ0) is 16.1. The average Bonchev–Trinajstić information content (AvgIpc) is 3.08. The number of halogens is 1. The minimum atomic E-state index is -0.238. The second-order valence-corrected chi connectivity index (χ2v) is 5.56. The lowest BCUT2D eigenvalue weighted by atomic mass is 10.1. The summed E-state index contributed by atoms with van der Waals surface area (Å²) in [6, 6.07) is 14.5. The van der Waals surface area contributed by atoms with Crippen LogP contribution >= 0.6 is 0 Å². The zero-order valence-electron chi connectivity index (χ0n) is 13.0. The maximum absolute atomic E-state index is 13.2. The van der Waals surface area contributed by atoms with Gasteiger partial charge in [-0.05, 0) is 36.8 Å². The van der Waals surface area contributed by atoms with Gasteiger partial charge >= 0.3 is 0 Å². The maximum atomic E-state index is 13.2. The molecule has 1 aromatic heterocycles. The van der Waals surface area contributed by atoms with Crippen LogP contribution in [0.25, 0.3) is 0 Å². The van der Waals surface area contributed by atoms with Crippen LogP contribution in [0.1, 0.15) is 23.7 Å². The third kappa shape index (κ3) is 4.19. The van der Waals surface area contributed by atoms with Gasteiger partial charge in [0.1, 0.15) is 17.7 Å². The first-order valence-electron chi connectivity index (χ1n) is 7.65. The van der Waals surface area contributed by atoms with Crippen molar-refractivity contribution in [2.75, 3.05) is 0 Å². The van der Waals surface area contributed by atoms with Crippen molar-refractivity contribution < 1.29 is 9.13 Å². The van der Waals surface area contributed by atoms with Crippen molar-refractivity contribution in [3.8, 4) is 5.75 Å². The third-order valence-electron chi connectivity index (χ3n) is 3.75. The number of rotatable bonds is 6. The standard InChI is InChI=1S/C19H19FN2O/c1-15-2-8-18(9-3-15)23-19(10-12-22-13-11-21-14-22)16-4-6-17(20)7-5-16/h2-9,11,13-14,19H,10,12H2,1H3/t19-/m1/s1. The second-order valence-electron chi connectivity index (χ2n) is 5.56. The number of hydrogen-bond donors (Lipinski definition) is 0. The molecule has 4 heteroatoms. The highest BCUT2D eigenvalue weighted by Crippen LogP contribution is 2.26. The molecule has 0 spiro atoms. The number of aromatic nitrogens is 2. The van der Waals surface area contributed by atoms with Crippen LogP contribution in [0, 0.1) is 12.7 Å². The molecule has 3 rings (SSSR count). The van der Waals surface area contributed by atoms with E-state index < -0.39 is 0 Å². The minimum Gasteiger partial charge on any atom is -0.486 e. The van der Waals surface area contributed by atoms with Gasteiger partial charge in [0.2, 0.25) is 0 Å². The molecule has 0 unspecified atom stereocenters. The van der Waals surface area contributed by atoms with Crippen molar-refractivity contribution in [3.05, 3.63) is 84.2 Å². The molecule has 118 valence electrons. The monoisotopic (exact) mass is 310 g/mol. The lowest BCUT2D eigenvalue weighted by Crippen LogP contribution is -2.11. The normalized spacial score (nSPS) is 12.1. The maximum Gasteiger partial charge on any atom is 0.125 e. The third-order valence-corrected chi connectivity index (χ3v) is 3.75. The van der Waals surface area contributed by atoms with Crippen LogP contribution < -0.4 is 4.74 Å². The molecule has 0 amide bonds. The summed E-state index contributed by atoms with van der Waals surface area (Å²) in [6.07, 6.45) is 6.10. The van der Waals surface area contributed by atoms with Gasteiger partial charge in [-0.2, -0.15) is 0 Å². The second kappa shape index (κ2) is 7.09. The zero-order valence-corrected chi connectivity index (χ0v) is 13.0. The highest BCUT2D eigenvalue weighted by Gasteiger charge is 2.14. The summed E-state index contributed by atoms with van der Waals surface area (Å²) < 4.78 is 21.3. The summed E-state index contributed by atoms with van der Waals surface area (Å²) in [7, 11) is 0. The summed E-state index contributed by atoms with van der Waals surface area (Å²) in [4.78, 5) is 4.05. The van der Waals surface area contributed by atoms with E-state index in [1.165, 1.54) is 17.7 Å². The molecule has 0 aliphatic heterocycles. The molecule has 0 saturated carbocycles. The Labute approximate surface area is 135 Å². The van der Waals surface area contributed by atoms with Crippen LogP contribution in [0.3, 0.4) is 0 Å². The van der Waals surface area contributed by atoms with E-state index in [0.29, 0.717) is 0 Å². The topological polar surface area (TPSA) is 27.1 Å². The Morgan fingerprint density at radius 3 is 2.48 bits per heavy atom. The summed E-state index contributed by atoms with van der Waals surface area (Å²) in [5.41, 5.74) is 2.15. The number of imidazole rings is 1. The van der Waals surface area contributed by atoms with E-state index in [1.54, 1.807) is 24.7 Å². The molecule has 1 heterocycles. The lowest BCUT2D eigenvalue weighted by molar-refractivity contribution is 0.188. The molecule has 0 aliphatic carbocycles. The molecule has 23 heavy (non-hydrogen) atoms. The lowest BCUT2D eigenvalue weighted by Gasteiger charge is -2.20. The molecule has 0 fully saturated rings. The van der Waals surface area contributed by atoms with E-state index in [9.17, 15) is 4.39 Å². The van der Waals surface area contributed by atoms with Crippen molar-refractivity contribution in [2.24, 2.45) is 0 Å². The van der Waals surface area contributed by atoms with Crippen LogP contribution in [0.15, 0.2) is 67.3 Å². The van der Waals surface area contributed by atoms with Crippen molar-refractivity contribution >= 4 is 0 Å². The Kier molecular flexibility index (Phi) is 4.71. The predicted octanol–water partition coefficient (Wildman–Crippen LogP) is 4.54. The average molecular weight is 310 g/mol. The molecule has 2 aromatic carbocycles. The first-order chi connectivity index (χ1) is 11.2. The highest BCUT2D eigenvalue weighted by atomic mass is 19.1. The highest BCUT2D eigenvalue weighted by molar-refractivity contribution is 5.28. The van der Waals surface area contributed by atoms with Crippen molar-refractivity contribution in [3.63, 3.8) is 0 Å². The molecule has 3 nitrogen and oxygen atoms in total. The van der Waals surface area contributed by atoms with E-state index in [1.807, 2.05) is 42.0 Å². The van der Waals surface area contributed by atoms with E-state index in [0.717, 1.165) is 24.3 Å². The van der Waals surface area contributed by atoms with Crippen molar-refractivity contribution in [1.29, 1.82) is 0 Å². The van der Waals surface area contributed by atoms with Gasteiger partial charge in [-0.3, -0.25) is 0 Å². The SMILES string of the molecule is Cc1ccc(O[C@H](CCn2ccnc2)c2ccc(F)cc2)cc1. The number of hydrogen-bond acceptors (Lipinski definition) is 2. The van der Waals surface area contributed by atoms with Crippen LogP contribution in [0.2, 0.25) is 0 Å². The molecular formula is C19H19FN2O. The largest absolute Gasteiger partial charge is 0.486 e. The Morgan fingerprint density at radius 2 is 1.83 bits per heavy atom. The van der Waals surface area contributed by atoms with Gasteiger partial charge in [-0.1, -0.05) is 29.8 Å². The fraction of sp³-hybridized carbons (Fsp3) is 0.211. The van der Waals surface area contributed by atoms with Gasteiger partial charge < -0.3 is 9.30 Å². The Bertz CT molecular complexity index is 721. The van der Waals surface area contributed by atoms with Crippen LogP contribution in [-0.2, 0) is 6.54 Å².